The lowest BCUT2D eigenvalue weighted by Gasteiger charge is -2.12. The van der Waals surface area contributed by atoms with Crippen LogP contribution in [0, 0.1) is 13.8 Å². The van der Waals surface area contributed by atoms with Crippen molar-refractivity contribution in [3.63, 3.8) is 0 Å². The van der Waals surface area contributed by atoms with E-state index in [1.807, 2.05) is 0 Å². The van der Waals surface area contributed by atoms with Crippen molar-refractivity contribution in [2.45, 2.75) is 46.5 Å². The molecule has 0 aliphatic carbocycles. The highest BCUT2D eigenvalue weighted by molar-refractivity contribution is 9.10. The minimum Gasteiger partial charge on any atom is -0.396 e. The van der Waals surface area contributed by atoms with E-state index in [-0.39, 0.29) is 0 Å². The SMILES string of the molecule is CCCCCc1c(C)nc(Br)c(N)c1C. The van der Waals surface area contributed by atoms with Gasteiger partial charge in [-0.05, 0) is 53.7 Å². The van der Waals surface area contributed by atoms with Gasteiger partial charge in [-0.3, -0.25) is 0 Å². The summed E-state index contributed by atoms with van der Waals surface area (Å²) in [6, 6.07) is 0. The van der Waals surface area contributed by atoms with Crippen LogP contribution < -0.4 is 5.73 Å². The molecule has 0 aromatic carbocycles. The van der Waals surface area contributed by atoms with E-state index in [0.29, 0.717) is 0 Å². The molecule has 84 valence electrons. The average molecular weight is 271 g/mol. The zero-order chi connectivity index (χ0) is 11.4. The van der Waals surface area contributed by atoms with E-state index in [9.17, 15) is 0 Å². The molecule has 1 rings (SSSR count). The Morgan fingerprint density at radius 1 is 1.27 bits per heavy atom. The Morgan fingerprint density at radius 2 is 1.93 bits per heavy atom. The number of hydrogen-bond donors (Lipinski definition) is 1. The first-order valence-electron chi connectivity index (χ1n) is 5.49. The van der Waals surface area contributed by atoms with E-state index in [1.54, 1.807) is 0 Å². The van der Waals surface area contributed by atoms with Gasteiger partial charge >= 0.3 is 0 Å². The molecule has 0 amide bonds. The molecule has 2 N–H and O–H groups in total. The molecule has 1 aromatic rings. The van der Waals surface area contributed by atoms with Crippen LogP contribution in [-0.4, -0.2) is 4.98 Å². The first kappa shape index (κ1) is 12.5. The highest BCUT2D eigenvalue weighted by Gasteiger charge is 2.10. The Labute approximate surface area is 100 Å². The van der Waals surface area contributed by atoms with Crippen LogP contribution in [0.3, 0.4) is 0 Å². The van der Waals surface area contributed by atoms with E-state index in [1.165, 1.54) is 30.4 Å². The van der Waals surface area contributed by atoms with Gasteiger partial charge in [0.25, 0.3) is 0 Å². The summed E-state index contributed by atoms with van der Waals surface area (Å²) in [5, 5.41) is 0. The van der Waals surface area contributed by atoms with Crippen LogP contribution in [-0.2, 0) is 6.42 Å². The Hall–Kier alpha value is -0.570. The van der Waals surface area contributed by atoms with Crippen LogP contribution in [0.4, 0.5) is 5.69 Å². The number of aryl methyl sites for hydroxylation is 1. The normalized spacial score (nSPS) is 10.7. The van der Waals surface area contributed by atoms with Crippen molar-refractivity contribution >= 4 is 21.6 Å². The number of nitrogen functional groups attached to an aromatic ring is 1. The molecule has 0 saturated carbocycles. The zero-order valence-electron chi connectivity index (χ0n) is 9.73. The molecule has 0 unspecified atom stereocenters. The number of unbranched alkanes of at least 4 members (excludes halogenated alkanes) is 2. The molecule has 0 aliphatic heterocycles. The van der Waals surface area contributed by atoms with Gasteiger partial charge in [-0.2, -0.15) is 0 Å². The second kappa shape index (κ2) is 5.50. The van der Waals surface area contributed by atoms with Gasteiger partial charge in [0.15, 0.2) is 0 Å². The summed E-state index contributed by atoms with van der Waals surface area (Å²) >= 11 is 3.38. The van der Waals surface area contributed by atoms with Crippen molar-refractivity contribution in [2.75, 3.05) is 5.73 Å². The fourth-order valence-corrected chi connectivity index (χ4v) is 2.35. The lowest BCUT2D eigenvalue weighted by Crippen LogP contribution is -2.03. The number of aromatic nitrogens is 1. The Morgan fingerprint density at radius 3 is 2.53 bits per heavy atom. The van der Waals surface area contributed by atoms with Crippen LogP contribution in [0.15, 0.2) is 4.60 Å². The molecule has 0 saturated heterocycles. The minimum atomic E-state index is 0.775. The van der Waals surface area contributed by atoms with Crippen LogP contribution in [0.5, 0.6) is 0 Å². The number of pyridine rings is 1. The fraction of sp³-hybridized carbons (Fsp3) is 0.583. The van der Waals surface area contributed by atoms with Crippen LogP contribution in [0.25, 0.3) is 0 Å². The van der Waals surface area contributed by atoms with Crippen LogP contribution in [0.2, 0.25) is 0 Å². The van der Waals surface area contributed by atoms with Gasteiger partial charge in [0, 0.05) is 5.69 Å². The number of nitrogens with two attached hydrogens (primary N) is 1. The molecule has 15 heavy (non-hydrogen) atoms. The maximum absolute atomic E-state index is 5.95. The molecule has 0 atom stereocenters. The fourth-order valence-electron chi connectivity index (χ4n) is 1.78. The van der Waals surface area contributed by atoms with E-state index >= 15 is 0 Å². The van der Waals surface area contributed by atoms with Crippen molar-refractivity contribution < 1.29 is 0 Å². The summed E-state index contributed by atoms with van der Waals surface area (Å²) in [5.41, 5.74) is 10.3. The molecule has 1 heterocycles. The lowest BCUT2D eigenvalue weighted by atomic mass is 10.0. The van der Waals surface area contributed by atoms with Crippen molar-refractivity contribution in [1.82, 2.24) is 4.98 Å². The van der Waals surface area contributed by atoms with Crippen molar-refractivity contribution in [2.24, 2.45) is 0 Å². The van der Waals surface area contributed by atoms with Gasteiger partial charge in [-0.25, -0.2) is 4.98 Å². The maximum atomic E-state index is 5.95. The topological polar surface area (TPSA) is 38.9 Å². The monoisotopic (exact) mass is 270 g/mol. The van der Waals surface area contributed by atoms with Gasteiger partial charge in [0.1, 0.15) is 4.60 Å². The van der Waals surface area contributed by atoms with Gasteiger partial charge < -0.3 is 5.73 Å². The predicted molar refractivity (Wildman–Crippen MR) is 69.1 cm³/mol. The maximum Gasteiger partial charge on any atom is 0.129 e. The Balaban J connectivity index is 2.92. The smallest absolute Gasteiger partial charge is 0.129 e. The summed E-state index contributed by atoms with van der Waals surface area (Å²) in [4.78, 5) is 4.40. The molecule has 0 bridgehead atoms. The van der Waals surface area contributed by atoms with Crippen LogP contribution >= 0.6 is 15.9 Å². The summed E-state index contributed by atoms with van der Waals surface area (Å²) in [6.45, 7) is 6.35. The number of rotatable bonds is 4. The average Bonchev–Trinajstić information content (AvgIpc) is 2.20. The Bertz CT molecular complexity index is 348. The first-order valence-corrected chi connectivity index (χ1v) is 6.28. The third-order valence-corrected chi connectivity index (χ3v) is 3.42. The zero-order valence-corrected chi connectivity index (χ0v) is 11.3. The molecule has 2 nitrogen and oxygen atoms in total. The van der Waals surface area contributed by atoms with E-state index < -0.39 is 0 Å². The van der Waals surface area contributed by atoms with Gasteiger partial charge in [0.05, 0.1) is 5.69 Å². The molecule has 0 fully saturated rings. The predicted octanol–water partition coefficient (Wildman–Crippen LogP) is 3.78. The first-order chi connectivity index (χ1) is 7.07. The quantitative estimate of drug-likeness (QED) is 0.668. The van der Waals surface area contributed by atoms with E-state index in [4.69, 9.17) is 5.73 Å². The highest BCUT2D eigenvalue weighted by atomic mass is 79.9. The van der Waals surface area contributed by atoms with E-state index in [2.05, 4.69) is 41.7 Å². The number of nitrogens with zero attached hydrogens (tertiary/aromatic N) is 1. The standard InChI is InChI=1S/C12H19BrN2/c1-4-5-6-7-10-8(2)11(14)12(13)15-9(10)3/h4-7,14H2,1-3H3. The number of hydrogen-bond acceptors (Lipinski definition) is 2. The summed E-state index contributed by atoms with van der Waals surface area (Å²) in [7, 11) is 0. The number of anilines is 1. The second-order valence-electron chi connectivity index (χ2n) is 3.96. The van der Waals surface area contributed by atoms with Gasteiger partial charge in [-0.15, -0.1) is 0 Å². The molecule has 0 aliphatic rings. The summed E-state index contributed by atoms with van der Waals surface area (Å²) in [6.07, 6.45) is 4.84. The molecule has 3 heteroatoms. The Kier molecular flexibility index (Phi) is 4.58. The third kappa shape index (κ3) is 2.94. The molecular formula is C12H19BrN2. The van der Waals surface area contributed by atoms with Crippen LogP contribution in [0.1, 0.15) is 43.0 Å². The highest BCUT2D eigenvalue weighted by Crippen LogP contribution is 2.26. The van der Waals surface area contributed by atoms with E-state index in [0.717, 1.165) is 22.4 Å². The van der Waals surface area contributed by atoms with Crippen molar-refractivity contribution in [3.8, 4) is 0 Å². The molecule has 0 radical (unpaired) electrons. The van der Waals surface area contributed by atoms with Gasteiger partial charge in [0.2, 0.25) is 0 Å². The second-order valence-corrected chi connectivity index (χ2v) is 4.71. The number of halogens is 1. The van der Waals surface area contributed by atoms with Gasteiger partial charge in [-0.1, -0.05) is 19.8 Å². The summed E-state index contributed by atoms with van der Waals surface area (Å²) in [5.74, 6) is 0. The molecular weight excluding hydrogens is 252 g/mol. The lowest BCUT2D eigenvalue weighted by molar-refractivity contribution is 0.711. The third-order valence-electron chi connectivity index (χ3n) is 2.81. The molecule has 1 aromatic heterocycles. The van der Waals surface area contributed by atoms with Crippen molar-refractivity contribution in [1.29, 1.82) is 0 Å². The molecule has 0 spiro atoms. The largest absolute Gasteiger partial charge is 0.396 e. The summed E-state index contributed by atoms with van der Waals surface area (Å²) < 4.78 is 0.775. The minimum absolute atomic E-state index is 0.775. The van der Waals surface area contributed by atoms with Crippen molar-refractivity contribution in [3.05, 3.63) is 21.4 Å².